The zero-order valence-corrected chi connectivity index (χ0v) is 16.1. The van der Waals surface area contributed by atoms with Crippen molar-refractivity contribution in [1.82, 2.24) is 4.98 Å². The Bertz CT molecular complexity index is 1020. The fraction of sp³-hybridized carbons (Fsp3) is 0.150. The van der Waals surface area contributed by atoms with E-state index in [2.05, 4.69) is 9.71 Å². The molecule has 0 bridgehead atoms. The molecule has 0 saturated heterocycles. The summed E-state index contributed by atoms with van der Waals surface area (Å²) in [5, 5.41) is 0. The van der Waals surface area contributed by atoms with Gasteiger partial charge in [-0.2, -0.15) is 0 Å². The molecule has 4 rings (SSSR count). The van der Waals surface area contributed by atoms with Crippen LogP contribution in [-0.2, 0) is 10.0 Å². The maximum absolute atomic E-state index is 12.5. The third-order valence-corrected chi connectivity index (χ3v) is 5.92. The highest BCUT2D eigenvalue weighted by molar-refractivity contribution is 7.92. The van der Waals surface area contributed by atoms with E-state index in [-0.39, 0.29) is 23.3 Å². The minimum absolute atomic E-state index is 0. The lowest BCUT2D eigenvalue weighted by atomic mass is 10.1. The highest BCUT2D eigenvalue weighted by Gasteiger charge is 2.34. The van der Waals surface area contributed by atoms with E-state index in [0.29, 0.717) is 11.6 Å². The van der Waals surface area contributed by atoms with Crippen LogP contribution in [0.15, 0.2) is 77.8 Å². The minimum Gasteiger partial charge on any atom is -0.327 e. The van der Waals surface area contributed by atoms with Crippen molar-refractivity contribution in [3.63, 3.8) is 0 Å². The zero-order valence-electron chi connectivity index (χ0n) is 14.4. The smallest absolute Gasteiger partial charge is 0.261 e. The summed E-state index contributed by atoms with van der Waals surface area (Å²) in [5.41, 5.74) is 9.18. The lowest BCUT2D eigenvalue weighted by Gasteiger charge is -2.10. The molecule has 7 heteroatoms. The van der Waals surface area contributed by atoms with Crippen molar-refractivity contribution in [3.05, 3.63) is 78.5 Å². The first-order chi connectivity index (χ1) is 12.5. The van der Waals surface area contributed by atoms with Crippen LogP contribution in [0.2, 0.25) is 0 Å². The molecule has 5 nitrogen and oxygen atoms in total. The van der Waals surface area contributed by atoms with E-state index in [1.165, 1.54) is 0 Å². The highest BCUT2D eigenvalue weighted by Crippen LogP contribution is 2.38. The number of anilines is 1. The number of benzene rings is 2. The number of nitrogens with two attached hydrogens (primary N) is 1. The van der Waals surface area contributed by atoms with Gasteiger partial charge in [0.15, 0.2) is 0 Å². The van der Waals surface area contributed by atoms with E-state index in [0.717, 1.165) is 23.2 Å². The van der Waals surface area contributed by atoms with Gasteiger partial charge in [0, 0.05) is 29.4 Å². The Hall–Kier alpha value is -2.41. The SMILES string of the molecule is Cl.N[C@H]1C[C@@H]1c1ccc(-c2cccc(NS(=O)(=O)c3ccccc3)c2)nc1. The second kappa shape index (κ2) is 7.68. The molecule has 0 unspecified atom stereocenters. The van der Waals surface area contributed by atoms with Crippen LogP contribution in [0.3, 0.4) is 0 Å². The number of halogens is 1. The molecule has 140 valence electrons. The summed E-state index contributed by atoms with van der Waals surface area (Å²) in [6.07, 6.45) is 2.87. The van der Waals surface area contributed by atoms with Gasteiger partial charge < -0.3 is 5.73 Å². The molecule has 1 fully saturated rings. The van der Waals surface area contributed by atoms with Crippen molar-refractivity contribution in [2.45, 2.75) is 23.3 Å². The molecule has 2 atom stereocenters. The quantitative estimate of drug-likeness (QED) is 0.681. The zero-order chi connectivity index (χ0) is 18.1. The Labute approximate surface area is 165 Å². The van der Waals surface area contributed by atoms with Crippen molar-refractivity contribution < 1.29 is 8.42 Å². The summed E-state index contributed by atoms with van der Waals surface area (Å²) >= 11 is 0. The topological polar surface area (TPSA) is 85.1 Å². The van der Waals surface area contributed by atoms with E-state index < -0.39 is 10.0 Å². The summed E-state index contributed by atoms with van der Waals surface area (Å²) in [6, 6.07) is 19.8. The van der Waals surface area contributed by atoms with E-state index in [1.54, 1.807) is 42.5 Å². The van der Waals surface area contributed by atoms with E-state index in [4.69, 9.17) is 5.73 Å². The van der Waals surface area contributed by atoms with E-state index >= 15 is 0 Å². The highest BCUT2D eigenvalue weighted by atomic mass is 35.5. The third kappa shape index (κ3) is 4.30. The van der Waals surface area contributed by atoms with Gasteiger partial charge in [0.2, 0.25) is 0 Å². The molecule has 3 aromatic rings. The van der Waals surface area contributed by atoms with Crippen LogP contribution in [-0.4, -0.2) is 19.4 Å². The molecule has 1 aliphatic carbocycles. The summed E-state index contributed by atoms with van der Waals surface area (Å²) in [4.78, 5) is 4.74. The summed E-state index contributed by atoms with van der Waals surface area (Å²) in [7, 11) is -3.61. The largest absolute Gasteiger partial charge is 0.327 e. The Morgan fingerprint density at radius 2 is 1.74 bits per heavy atom. The summed E-state index contributed by atoms with van der Waals surface area (Å²) < 4.78 is 27.6. The van der Waals surface area contributed by atoms with Crippen LogP contribution < -0.4 is 10.5 Å². The van der Waals surface area contributed by atoms with Crippen molar-refractivity contribution >= 4 is 28.1 Å². The number of hydrogen-bond donors (Lipinski definition) is 2. The van der Waals surface area contributed by atoms with Gasteiger partial charge in [-0.05, 0) is 42.3 Å². The van der Waals surface area contributed by atoms with Gasteiger partial charge in [-0.25, -0.2) is 8.42 Å². The molecular formula is C20H20ClN3O2S. The van der Waals surface area contributed by atoms with Crippen LogP contribution in [0.4, 0.5) is 5.69 Å². The van der Waals surface area contributed by atoms with E-state index in [9.17, 15) is 8.42 Å². The van der Waals surface area contributed by atoms with Crippen LogP contribution in [0.1, 0.15) is 17.9 Å². The maximum atomic E-state index is 12.5. The van der Waals surface area contributed by atoms with Gasteiger partial charge in [-0.1, -0.05) is 36.4 Å². The van der Waals surface area contributed by atoms with Crippen molar-refractivity contribution in [3.8, 4) is 11.3 Å². The lowest BCUT2D eigenvalue weighted by Crippen LogP contribution is -2.12. The molecular weight excluding hydrogens is 382 g/mol. The second-order valence-corrected chi connectivity index (χ2v) is 8.16. The predicted octanol–water partition coefficient (Wildman–Crippen LogP) is 3.79. The lowest BCUT2D eigenvalue weighted by molar-refractivity contribution is 0.601. The fourth-order valence-electron chi connectivity index (χ4n) is 2.95. The van der Waals surface area contributed by atoms with Gasteiger partial charge in [-0.3, -0.25) is 9.71 Å². The number of nitrogens with one attached hydrogen (secondary N) is 1. The molecule has 3 N–H and O–H groups in total. The third-order valence-electron chi connectivity index (χ3n) is 4.52. The second-order valence-electron chi connectivity index (χ2n) is 6.48. The number of hydrogen-bond acceptors (Lipinski definition) is 4. The Morgan fingerprint density at radius 3 is 2.37 bits per heavy atom. The van der Waals surface area contributed by atoms with Crippen molar-refractivity contribution in [2.75, 3.05) is 4.72 Å². The fourth-order valence-corrected chi connectivity index (χ4v) is 4.02. The average Bonchev–Trinajstić information content (AvgIpc) is 3.39. The molecule has 27 heavy (non-hydrogen) atoms. The Morgan fingerprint density at radius 1 is 1.00 bits per heavy atom. The van der Waals surface area contributed by atoms with Gasteiger partial charge in [0.25, 0.3) is 10.0 Å². The molecule has 1 heterocycles. The van der Waals surface area contributed by atoms with Gasteiger partial charge in [0.1, 0.15) is 0 Å². The van der Waals surface area contributed by atoms with Crippen molar-refractivity contribution in [1.29, 1.82) is 0 Å². The standard InChI is InChI=1S/C20H19N3O2S.ClH/c21-19-12-18(19)15-9-10-20(22-13-15)14-5-4-6-16(11-14)23-26(24,25)17-7-2-1-3-8-17;/h1-11,13,18-19,23H,12,21H2;1H/t18-,19+;/m1./s1. The average molecular weight is 402 g/mol. The predicted molar refractivity (Wildman–Crippen MR) is 110 cm³/mol. The normalized spacial score (nSPS) is 18.4. The summed E-state index contributed by atoms with van der Waals surface area (Å²) in [5.74, 6) is 0.417. The molecule has 2 aromatic carbocycles. The first-order valence-electron chi connectivity index (χ1n) is 8.43. The van der Waals surface area contributed by atoms with Crippen LogP contribution in [0.5, 0.6) is 0 Å². The number of pyridine rings is 1. The molecule has 0 spiro atoms. The number of rotatable bonds is 5. The Kier molecular flexibility index (Phi) is 5.51. The molecule has 1 aliphatic rings. The Balaban J connectivity index is 0.00000210. The molecule has 0 radical (unpaired) electrons. The number of nitrogens with zero attached hydrogens (tertiary/aromatic N) is 1. The summed E-state index contributed by atoms with van der Waals surface area (Å²) in [6.45, 7) is 0. The van der Waals surface area contributed by atoms with Gasteiger partial charge in [-0.15, -0.1) is 12.4 Å². The van der Waals surface area contributed by atoms with E-state index in [1.807, 2.05) is 30.5 Å². The number of aromatic nitrogens is 1. The minimum atomic E-state index is -3.61. The van der Waals surface area contributed by atoms with Crippen LogP contribution >= 0.6 is 12.4 Å². The molecule has 0 amide bonds. The first kappa shape index (κ1) is 19.4. The van der Waals surface area contributed by atoms with Gasteiger partial charge >= 0.3 is 0 Å². The first-order valence-corrected chi connectivity index (χ1v) is 9.91. The molecule has 1 saturated carbocycles. The van der Waals surface area contributed by atoms with Gasteiger partial charge in [0.05, 0.1) is 10.6 Å². The number of sulfonamides is 1. The molecule has 1 aromatic heterocycles. The maximum Gasteiger partial charge on any atom is 0.261 e. The monoisotopic (exact) mass is 401 g/mol. The van der Waals surface area contributed by atoms with Crippen LogP contribution in [0.25, 0.3) is 11.3 Å². The van der Waals surface area contributed by atoms with Crippen molar-refractivity contribution in [2.24, 2.45) is 5.73 Å². The van der Waals surface area contributed by atoms with Crippen LogP contribution in [0, 0.1) is 0 Å². The molecule has 0 aliphatic heterocycles.